The van der Waals surface area contributed by atoms with Crippen LogP contribution in [0, 0.1) is 12.7 Å². The molecular formula is C14H17FN2S. The number of nitrogens with two attached hydrogens (primary N) is 1. The molecule has 0 radical (unpaired) electrons. The first kappa shape index (κ1) is 13.2. The number of hydrogen-bond acceptors (Lipinski definition) is 3. The predicted molar refractivity (Wildman–Crippen MR) is 74.2 cm³/mol. The lowest BCUT2D eigenvalue weighted by Crippen LogP contribution is -2.34. The van der Waals surface area contributed by atoms with Gasteiger partial charge in [0.1, 0.15) is 10.8 Å². The molecule has 0 atom stereocenters. The van der Waals surface area contributed by atoms with E-state index in [4.69, 9.17) is 5.73 Å². The number of halogens is 1. The van der Waals surface area contributed by atoms with Crippen LogP contribution in [0.2, 0.25) is 0 Å². The minimum absolute atomic E-state index is 0.182. The Bertz CT molecular complexity index is 555. The first-order valence-corrected chi connectivity index (χ1v) is 6.73. The number of rotatable bonds is 3. The monoisotopic (exact) mass is 264 g/mol. The minimum Gasteiger partial charge on any atom is -0.325 e. The number of aromatic nitrogens is 1. The van der Waals surface area contributed by atoms with Crippen molar-refractivity contribution < 1.29 is 4.39 Å². The fraction of sp³-hybridized carbons (Fsp3) is 0.357. The Kier molecular flexibility index (Phi) is 3.50. The van der Waals surface area contributed by atoms with Gasteiger partial charge < -0.3 is 5.73 Å². The number of aryl methyl sites for hydroxylation is 1. The SMILES string of the molecule is Cc1cc(-c2nc(CC(C)(C)N)cs2)ccc1F. The van der Waals surface area contributed by atoms with Gasteiger partial charge in [-0.2, -0.15) is 0 Å². The van der Waals surface area contributed by atoms with Gasteiger partial charge in [0.05, 0.1) is 5.69 Å². The van der Waals surface area contributed by atoms with Crippen LogP contribution in [0.1, 0.15) is 25.1 Å². The third-order valence-corrected chi connectivity index (χ3v) is 3.53. The van der Waals surface area contributed by atoms with E-state index in [1.165, 1.54) is 6.07 Å². The van der Waals surface area contributed by atoms with Crippen molar-refractivity contribution in [3.05, 3.63) is 40.7 Å². The van der Waals surface area contributed by atoms with Crippen LogP contribution in [-0.2, 0) is 6.42 Å². The van der Waals surface area contributed by atoms with E-state index in [2.05, 4.69) is 4.98 Å². The molecule has 2 aromatic rings. The van der Waals surface area contributed by atoms with Gasteiger partial charge in [-0.1, -0.05) is 0 Å². The second-order valence-corrected chi connectivity index (χ2v) is 6.13. The van der Waals surface area contributed by atoms with E-state index in [1.807, 2.05) is 25.3 Å². The van der Waals surface area contributed by atoms with Gasteiger partial charge in [-0.15, -0.1) is 11.3 Å². The molecule has 0 unspecified atom stereocenters. The normalized spacial score (nSPS) is 11.8. The number of nitrogens with zero attached hydrogens (tertiary/aromatic N) is 1. The number of thiazole rings is 1. The van der Waals surface area contributed by atoms with E-state index in [0.29, 0.717) is 5.56 Å². The van der Waals surface area contributed by atoms with Crippen LogP contribution in [0.3, 0.4) is 0 Å². The topological polar surface area (TPSA) is 38.9 Å². The third kappa shape index (κ3) is 3.15. The van der Waals surface area contributed by atoms with E-state index < -0.39 is 0 Å². The molecule has 1 heterocycles. The molecular weight excluding hydrogens is 247 g/mol. The summed E-state index contributed by atoms with van der Waals surface area (Å²) in [6.07, 6.45) is 0.740. The van der Waals surface area contributed by atoms with Crippen molar-refractivity contribution in [3.63, 3.8) is 0 Å². The molecule has 2 N–H and O–H groups in total. The Labute approximate surface area is 111 Å². The minimum atomic E-state index is -0.260. The summed E-state index contributed by atoms with van der Waals surface area (Å²) in [4.78, 5) is 4.55. The molecule has 0 aliphatic heterocycles. The fourth-order valence-corrected chi connectivity index (χ4v) is 2.58. The first-order valence-electron chi connectivity index (χ1n) is 5.85. The van der Waals surface area contributed by atoms with E-state index in [1.54, 1.807) is 24.3 Å². The van der Waals surface area contributed by atoms with Crippen molar-refractivity contribution in [2.24, 2.45) is 5.73 Å². The van der Waals surface area contributed by atoms with Crippen LogP contribution < -0.4 is 5.73 Å². The fourth-order valence-electron chi connectivity index (χ4n) is 1.77. The summed E-state index contributed by atoms with van der Waals surface area (Å²) in [5.74, 6) is -0.182. The van der Waals surface area contributed by atoms with E-state index >= 15 is 0 Å². The van der Waals surface area contributed by atoms with Crippen molar-refractivity contribution in [1.82, 2.24) is 4.98 Å². The predicted octanol–water partition coefficient (Wildman–Crippen LogP) is 3.54. The highest BCUT2D eigenvalue weighted by molar-refractivity contribution is 7.13. The molecule has 0 aliphatic carbocycles. The molecule has 0 bridgehead atoms. The molecule has 18 heavy (non-hydrogen) atoms. The Balaban J connectivity index is 2.26. The molecule has 2 rings (SSSR count). The maximum Gasteiger partial charge on any atom is 0.126 e. The van der Waals surface area contributed by atoms with Gasteiger partial charge in [-0.3, -0.25) is 0 Å². The quantitative estimate of drug-likeness (QED) is 0.921. The lowest BCUT2D eigenvalue weighted by Gasteiger charge is -2.16. The zero-order valence-corrected chi connectivity index (χ0v) is 11.6. The molecule has 0 aliphatic rings. The summed E-state index contributed by atoms with van der Waals surface area (Å²) in [6, 6.07) is 5.07. The van der Waals surface area contributed by atoms with Crippen LogP contribution in [0.4, 0.5) is 4.39 Å². The summed E-state index contributed by atoms with van der Waals surface area (Å²) < 4.78 is 13.2. The van der Waals surface area contributed by atoms with Gasteiger partial charge in [-0.05, 0) is 44.5 Å². The Hall–Kier alpha value is -1.26. The molecule has 0 amide bonds. The highest BCUT2D eigenvalue weighted by Crippen LogP contribution is 2.26. The summed E-state index contributed by atoms with van der Waals surface area (Å²) in [5.41, 5.74) is 8.31. The second-order valence-electron chi connectivity index (χ2n) is 5.27. The van der Waals surface area contributed by atoms with Crippen LogP contribution >= 0.6 is 11.3 Å². The first-order chi connectivity index (χ1) is 8.35. The Morgan fingerprint density at radius 2 is 2.11 bits per heavy atom. The van der Waals surface area contributed by atoms with Crippen molar-refractivity contribution in [1.29, 1.82) is 0 Å². The van der Waals surface area contributed by atoms with Crippen molar-refractivity contribution in [2.75, 3.05) is 0 Å². The average Bonchev–Trinajstić information content (AvgIpc) is 2.68. The Morgan fingerprint density at radius 1 is 1.39 bits per heavy atom. The van der Waals surface area contributed by atoms with Gasteiger partial charge in [0.2, 0.25) is 0 Å². The lowest BCUT2D eigenvalue weighted by atomic mass is 10.0. The molecule has 1 aromatic heterocycles. The smallest absolute Gasteiger partial charge is 0.126 e. The molecule has 2 nitrogen and oxygen atoms in total. The molecule has 0 saturated carbocycles. The third-order valence-electron chi connectivity index (χ3n) is 2.59. The van der Waals surface area contributed by atoms with Crippen molar-refractivity contribution in [3.8, 4) is 10.6 Å². The van der Waals surface area contributed by atoms with E-state index in [9.17, 15) is 4.39 Å². The molecule has 96 valence electrons. The molecule has 4 heteroatoms. The van der Waals surface area contributed by atoms with Gasteiger partial charge in [0, 0.05) is 22.9 Å². The lowest BCUT2D eigenvalue weighted by molar-refractivity contribution is 0.511. The van der Waals surface area contributed by atoms with Gasteiger partial charge in [0.15, 0.2) is 0 Å². The van der Waals surface area contributed by atoms with Crippen LogP contribution in [0.5, 0.6) is 0 Å². The number of benzene rings is 1. The van der Waals surface area contributed by atoms with Crippen molar-refractivity contribution >= 4 is 11.3 Å². The number of hydrogen-bond donors (Lipinski definition) is 1. The summed E-state index contributed by atoms with van der Waals surface area (Å²) in [5, 5.41) is 2.93. The summed E-state index contributed by atoms with van der Waals surface area (Å²) in [7, 11) is 0. The van der Waals surface area contributed by atoms with Crippen LogP contribution in [0.15, 0.2) is 23.6 Å². The summed E-state index contributed by atoms with van der Waals surface area (Å²) in [6.45, 7) is 5.72. The zero-order valence-electron chi connectivity index (χ0n) is 10.8. The molecule has 1 aromatic carbocycles. The molecule has 0 spiro atoms. The zero-order chi connectivity index (χ0) is 13.3. The molecule has 0 saturated heterocycles. The molecule has 0 fully saturated rings. The Morgan fingerprint density at radius 3 is 2.72 bits per heavy atom. The van der Waals surface area contributed by atoms with E-state index in [0.717, 1.165) is 22.7 Å². The van der Waals surface area contributed by atoms with E-state index in [-0.39, 0.29) is 11.4 Å². The highest BCUT2D eigenvalue weighted by atomic mass is 32.1. The standard InChI is InChI=1S/C14H17FN2S/c1-9-6-10(4-5-12(9)15)13-17-11(8-18-13)7-14(2,3)16/h4-6,8H,7,16H2,1-3H3. The van der Waals surface area contributed by atoms with Gasteiger partial charge in [-0.25, -0.2) is 9.37 Å². The van der Waals surface area contributed by atoms with Crippen LogP contribution in [-0.4, -0.2) is 10.5 Å². The highest BCUT2D eigenvalue weighted by Gasteiger charge is 2.14. The van der Waals surface area contributed by atoms with Crippen LogP contribution in [0.25, 0.3) is 10.6 Å². The second kappa shape index (κ2) is 4.78. The summed E-state index contributed by atoms with van der Waals surface area (Å²) >= 11 is 1.57. The van der Waals surface area contributed by atoms with Crippen molar-refractivity contribution in [2.45, 2.75) is 32.7 Å². The maximum absolute atomic E-state index is 13.2. The largest absolute Gasteiger partial charge is 0.325 e. The maximum atomic E-state index is 13.2. The average molecular weight is 264 g/mol. The van der Waals surface area contributed by atoms with Gasteiger partial charge >= 0.3 is 0 Å². The van der Waals surface area contributed by atoms with Gasteiger partial charge in [0.25, 0.3) is 0 Å².